The van der Waals surface area contributed by atoms with Crippen LogP contribution >= 0.6 is 0 Å². The van der Waals surface area contributed by atoms with E-state index >= 15 is 0 Å². The smallest absolute Gasteiger partial charge is 0.170 e. The Labute approximate surface area is 118 Å². The third-order valence-corrected chi connectivity index (χ3v) is 3.98. The minimum Gasteiger partial charge on any atom is -0.409 e. The lowest BCUT2D eigenvalue weighted by molar-refractivity contribution is 0.318. The number of rotatable bonds is 6. The average molecular weight is 279 g/mol. The first-order valence-corrected chi connectivity index (χ1v) is 7.17. The van der Waals surface area contributed by atoms with Crippen molar-refractivity contribution in [3.05, 3.63) is 35.1 Å². The lowest BCUT2D eigenvalue weighted by Gasteiger charge is -2.12. The Balaban J connectivity index is 1.88. The van der Waals surface area contributed by atoms with Gasteiger partial charge in [0.05, 0.1) is 0 Å². The summed E-state index contributed by atoms with van der Waals surface area (Å²) in [5.74, 6) is 0.401. The van der Waals surface area contributed by atoms with Crippen molar-refractivity contribution in [2.24, 2.45) is 16.8 Å². The third kappa shape index (κ3) is 3.93. The zero-order valence-electron chi connectivity index (χ0n) is 11.6. The number of hydrogen-bond donors (Lipinski definition) is 3. The maximum atomic E-state index is 13.2. The quantitative estimate of drug-likeness (QED) is 0.246. The lowest BCUT2D eigenvalue weighted by Crippen LogP contribution is -2.21. The molecule has 1 aromatic carbocycles. The normalized spacial score (nSPS) is 16.8. The minimum absolute atomic E-state index is 0.0582. The van der Waals surface area contributed by atoms with Crippen LogP contribution in [0.2, 0.25) is 0 Å². The van der Waals surface area contributed by atoms with Crippen molar-refractivity contribution in [3.8, 4) is 0 Å². The number of benzene rings is 1. The molecule has 5 heteroatoms. The molecule has 20 heavy (non-hydrogen) atoms. The zero-order valence-corrected chi connectivity index (χ0v) is 11.6. The Bertz CT molecular complexity index is 470. The number of nitrogens with one attached hydrogen (secondary N) is 1. The monoisotopic (exact) mass is 279 g/mol. The molecule has 0 spiro atoms. The molecule has 4 nitrogen and oxygen atoms in total. The summed E-state index contributed by atoms with van der Waals surface area (Å²) < 4.78 is 13.2. The van der Waals surface area contributed by atoms with Gasteiger partial charge in [-0.25, -0.2) is 4.39 Å². The molecule has 0 amide bonds. The molecule has 0 unspecified atom stereocenters. The summed E-state index contributed by atoms with van der Waals surface area (Å²) in [4.78, 5) is 0. The number of amidine groups is 1. The van der Waals surface area contributed by atoms with Crippen LogP contribution in [-0.2, 0) is 6.54 Å². The summed E-state index contributed by atoms with van der Waals surface area (Å²) in [7, 11) is 0. The van der Waals surface area contributed by atoms with E-state index in [1.807, 2.05) is 0 Å². The van der Waals surface area contributed by atoms with Crippen LogP contribution in [0.15, 0.2) is 23.4 Å². The molecule has 0 aromatic heterocycles. The largest absolute Gasteiger partial charge is 0.409 e. The van der Waals surface area contributed by atoms with Gasteiger partial charge in [-0.2, -0.15) is 0 Å². The van der Waals surface area contributed by atoms with Crippen molar-refractivity contribution in [3.63, 3.8) is 0 Å². The van der Waals surface area contributed by atoms with E-state index in [0.29, 0.717) is 12.1 Å². The van der Waals surface area contributed by atoms with Crippen LogP contribution in [0.5, 0.6) is 0 Å². The van der Waals surface area contributed by atoms with Crippen molar-refractivity contribution in [1.82, 2.24) is 5.32 Å². The highest BCUT2D eigenvalue weighted by atomic mass is 19.1. The summed E-state index contributed by atoms with van der Waals surface area (Å²) in [6, 6.07) is 4.36. The van der Waals surface area contributed by atoms with Gasteiger partial charge in [0, 0.05) is 12.1 Å². The van der Waals surface area contributed by atoms with Crippen LogP contribution in [0.3, 0.4) is 0 Å². The summed E-state index contributed by atoms with van der Waals surface area (Å²) in [5.41, 5.74) is 6.86. The van der Waals surface area contributed by atoms with Crippen molar-refractivity contribution >= 4 is 5.84 Å². The van der Waals surface area contributed by atoms with E-state index in [4.69, 9.17) is 10.9 Å². The molecule has 0 heterocycles. The predicted octanol–water partition coefficient (Wildman–Crippen LogP) is 2.59. The topological polar surface area (TPSA) is 70.6 Å². The summed E-state index contributed by atoms with van der Waals surface area (Å²) in [5, 5.41) is 15.0. The first kappa shape index (κ1) is 14.8. The highest BCUT2D eigenvalue weighted by Crippen LogP contribution is 2.26. The minimum atomic E-state index is -0.388. The van der Waals surface area contributed by atoms with E-state index < -0.39 is 0 Å². The highest BCUT2D eigenvalue weighted by molar-refractivity contribution is 5.98. The first-order chi connectivity index (χ1) is 9.70. The molecule has 110 valence electrons. The van der Waals surface area contributed by atoms with E-state index in [2.05, 4.69) is 10.5 Å². The Kier molecular flexibility index (Phi) is 5.35. The van der Waals surface area contributed by atoms with Gasteiger partial charge in [0.15, 0.2) is 5.84 Å². The van der Waals surface area contributed by atoms with Crippen molar-refractivity contribution in [2.75, 3.05) is 6.54 Å². The van der Waals surface area contributed by atoms with Gasteiger partial charge in [-0.3, -0.25) is 0 Å². The maximum absolute atomic E-state index is 13.2. The molecule has 4 N–H and O–H groups in total. The zero-order chi connectivity index (χ0) is 14.4. The SMILES string of the molecule is NC(=NO)c1cc(F)ccc1CNCCC1CCCC1. The molecule has 0 bridgehead atoms. The van der Waals surface area contributed by atoms with Gasteiger partial charge < -0.3 is 16.3 Å². The van der Waals surface area contributed by atoms with E-state index in [0.717, 1.165) is 18.0 Å². The fourth-order valence-corrected chi connectivity index (χ4v) is 2.82. The Morgan fingerprint density at radius 2 is 2.15 bits per heavy atom. The summed E-state index contributed by atoms with van der Waals surface area (Å²) in [6.07, 6.45) is 6.58. The number of hydrogen-bond acceptors (Lipinski definition) is 3. The molecular formula is C15H22FN3O. The average Bonchev–Trinajstić information content (AvgIpc) is 2.97. The van der Waals surface area contributed by atoms with Gasteiger partial charge in [0.2, 0.25) is 0 Å². The number of halogens is 1. The summed E-state index contributed by atoms with van der Waals surface area (Å²) in [6.45, 7) is 1.54. The van der Waals surface area contributed by atoms with Crippen LogP contribution in [0.4, 0.5) is 4.39 Å². The third-order valence-electron chi connectivity index (χ3n) is 3.98. The van der Waals surface area contributed by atoms with Crippen molar-refractivity contribution < 1.29 is 9.60 Å². The van der Waals surface area contributed by atoms with Crippen LogP contribution < -0.4 is 11.1 Å². The molecule has 1 aliphatic carbocycles. The molecule has 1 fully saturated rings. The van der Waals surface area contributed by atoms with E-state index in [9.17, 15) is 4.39 Å². The number of nitrogens with zero attached hydrogens (tertiary/aromatic N) is 1. The van der Waals surface area contributed by atoms with Gasteiger partial charge in [0.1, 0.15) is 5.82 Å². The molecule has 0 saturated heterocycles. The van der Waals surface area contributed by atoms with Gasteiger partial charge in [-0.1, -0.05) is 36.9 Å². The number of oxime groups is 1. The van der Waals surface area contributed by atoms with E-state index in [1.54, 1.807) is 6.07 Å². The fourth-order valence-electron chi connectivity index (χ4n) is 2.82. The Morgan fingerprint density at radius 3 is 2.85 bits per heavy atom. The first-order valence-electron chi connectivity index (χ1n) is 7.17. The second kappa shape index (κ2) is 7.24. The molecular weight excluding hydrogens is 257 g/mol. The van der Waals surface area contributed by atoms with Gasteiger partial charge in [-0.15, -0.1) is 0 Å². The second-order valence-corrected chi connectivity index (χ2v) is 5.40. The van der Waals surface area contributed by atoms with Gasteiger partial charge in [0.25, 0.3) is 0 Å². The molecule has 2 rings (SSSR count). The lowest BCUT2D eigenvalue weighted by atomic mass is 10.0. The number of nitrogens with two attached hydrogens (primary N) is 1. The van der Waals surface area contributed by atoms with Gasteiger partial charge >= 0.3 is 0 Å². The second-order valence-electron chi connectivity index (χ2n) is 5.40. The van der Waals surface area contributed by atoms with Crippen LogP contribution in [0.25, 0.3) is 0 Å². The molecule has 0 aliphatic heterocycles. The van der Waals surface area contributed by atoms with Gasteiger partial charge in [-0.05, 0) is 36.6 Å². The van der Waals surface area contributed by atoms with Crippen LogP contribution in [0, 0.1) is 11.7 Å². The fraction of sp³-hybridized carbons (Fsp3) is 0.533. The molecule has 0 atom stereocenters. The molecule has 0 radical (unpaired) electrons. The predicted molar refractivity (Wildman–Crippen MR) is 77.2 cm³/mol. The highest BCUT2D eigenvalue weighted by Gasteiger charge is 2.14. The summed E-state index contributed by atoms with van der Waals surface area (Å²) >= 11 is 0. The standard InChI is InChI=1S/C15H22FN3O/c16-13-6-5-12(14(9-13)15(17)19-20)10-18-8-7-11-3-1-2-4-11/h5-6,9,11,18,20H,1-4,7-8,10H2,(H2,17,19). The molecule has 1 aromatic rings. The van der Waals surface area contributed by atoms with Crippen molar-refractivity contribution in [2.45, 2.75) is 38.6 Å². The van der Waals surface area contributed by atoms with E-state index in [1.165, 1.54) is 44.2 Å². The molecule has 1 aliphatic rings. The molecule has 1 saturated carbocycles. The van der Waals surface area contributed by atoms with Crippen LogP contribution in [0.1, 0.15) is 43.2 Å². The van der Waals surface area contributed by atoms with Crippen LogP contribution in [-0.4, -0.2) is 17.6 Å². The van der Waals surface area contributed by atoms with E-state index in [-0.39, 0.29) is 11.7 Å². The van der Waals surface area contributed by atoms with Crippen molar-refractivity contribution in [1.29, 1.82) is 0 Å². The maximum Gasteiger partial charge on any atom is 0.170 e. The Morgan fingerprint density at radius 1 is 1.40 bits per heavy atom. The Hall–Kier alpha value is -1.62.